The number of hydrogen-bond donors (Lipinski definition) is 1. The third-order valence-electron chi connectivity index (χ3n) is 0.457. The number of aliphatic carboxylic acids is 1. The van der Waals surface area contributed by atoms with Crippen molar-refractivity contribution in [2.24, 2.45) is 0 Å². The molecule has 0 rings (SSSR count). The van der Waals surface area contributed by atoms with Gasteiger partial charge in [-0.05, 0) is 0 Å². The molecule has 0 aromatic carbocycles. The van der Waals surface area contributed by atoms with E-state index in [1.807, 2.05) is 0 Å². The number of halogens is 3. The number of carboxylic acids is 1. The van der Waals surface area contributed by atoms with Gasteiger partial charge in [-0.3, -0.25) is 0 Å². The highest BCUT2D eigenvalue weighted by Gasteiger charge is 2.23. The molecule has 0 heterocycles. The van der Waals surface area contributed by atoms with Crippen LogP contribution in [0.15, 0.2) is 0 Å². The van der Waals surface area contributed by atoms with Gasteiger partial charge in [0.05, 0.1) is 0 Å². The Kier molecular flexibility index (Phi) is 3.09. The molecule has 0 aromatic heterocycles. The molecule has 0 aliphatic carbocycles. The van der Waals surface area contributed by atoms with Gasteiger partial charge < -0.3 is 5.11 Å². The number of carboxylic acid groups (broad SMARTS) is 1. The summed E-state index contributed by atoms with van der Waals surface area (Å²) in [5.74, 6) is -1.64. The predicted octanol–water partition coefficient (Wildman–Crippen LogP) is 1.21. The van der Waals surface area contributed by atoms with Gasteiger partial charge in [-0.15, -0.1) is 23.2 Å². The molecule has 0 aliphatic rings. The molecule has 0 saturated heterocycles. The first-order valence-corrected chi connectivity index (χ1v) is 2.58. The van der Waals surface area contributed by atoms with E-state index < -0.39 is 17.0 Å². The largest absolute Gasteiger partial charge is 0.479 e. The SMILES string of the molecule is O=C(O)[C@H](F)C(Cl)Cl. The minimum atomic E-state index is -2.18. The fraction of sp³-hybridized carbons (Fsp3) is 0.667. The summed E-state index contributed by atoms with van der Waals surface area (Å²) >= 11 is 9.67. The van der Waals surface area contributed by atoms with Crippen LogP contribution in [-0.4, -0.2) is 22.1 Å². The van der Waals surface area contributed by atoms with E-state index in [0.717, 1.165) is 0 Å². The zero-order valence-electron chi connectivity index (χ0n) is 3.64. The molecule has 48 valence electrons. The highest BCUT2D eigenvalue weighted by Crippen LogP contribution is 2.10. The molecule has 1 N–H and O–H groups in total. The summed E-state index contributed by atoms with van der Waals surface area (Å²) < 4.78 is 11.8. The molecule has 0 saturated carbocycles. The van der Waals surface area contributed by atoms with Crippen LogP contribution in [0, 0.1) is 0 Å². The molecular formula is C3H3Cl2FO2. The van der Waals surface area contributed by atoms with E-state index in [2.05, 4.69) is 0 Å². The molecule has 0 aromatic rings. The summed E-state index contributed by atoms with van der Waals surface area (Å²) in [4.78, 5) is 8.12. The second-order valence-electron chi connectivity index (χ2n) is 1.07. The molecule has 0 unspecified atom stereocenters. The smallest absolute Gasteiger partial charge is 0.341 e. The Morgan fingerprint density at radius 3 is 2.00 bits per heavy atom. The fourth-order valence-corrected chi connectivity index (χ4v) is 0.323. The molecule has 0 radical (unpaired) electrons. The van der Waals surface area contributed by atoms with E-state index in [1.54, 1.807) is 0 Å². The summed E-state index contributed by atoms with van der Waals surface area (Å²) in [5.41, 5.74) is 0. The molecule has 2 nitrogen and oxygen atoms in total. The van der Waals surface area contributed by atoms with Crippen LogP contribution >= 0.6 is 23.2 Å². The minimum absolute atomic E-state index is 1.48. The molecule has 5 heteroatoms. The van der Waals surface area contributed by atoms with Crippen molar-refractivity contribution >= 4 is 29.2 Å². The first kappa shape index (κ1) is 7.98. The Morgan fingerprint density at radius 1 is 1.62 bits per heavy atom. The number of rotatable bonds is 2. The van der Waals surface area contributed by atoms with E-state index in [4.69, 9.17) is 28.3 Å². The Balaban J connectivity index is 3.64. The fourth-order valence-electron chi connectivity index (χ4n) is 0.108. The lowest BCUT2D eigenvalue weighted by atomic mass is 10.4. The van der Waals surface area contributed by atoms with Crippen LogP contribution in [0.1, 0.15) is 0 Å². The average Bonchev–Trinajstić information content (AvgIpc) is 1.64. The third-order valence-corrected chi connectivity index (χ3v) is 0.900. The van der Waals surface area contributed by atoms with Crippen molar-refractivity contribution in [1.82, 2.24) is 0 Å². The maximum absolute atomic E-state index is 11.8. The Morgan fingerprint density at radius 2 is 2.00 bits per heavy atom. The van der Waals surface area contributed by atoms with Gasteiger partial charge in [0.25, 0.3) is 0 Å². The molecule has 8 heavy (non-hydrogen) atoms. The highest BCUT2D eigenvalue weighted by atomic mass is 35.5. The Hall–Kier alpha value is -0.0200. The topological polar surface area (TPSA) is 37.3 Å². The van der Waals surface area contributed by atoms with Crippen LogP contribution in [0.3, 0.4) is 0 Å². The van der Waals surface area contributed by atoms with Crippen LogP contribution in [0.25, 0.3) is 0 Å². The second kappa shape index (κ2) is 3.10. The highest BCUT2D eigenvalue weighted by molar-refractivity contribution is 6.45. The monoisotopic (exact) mass is 160 g/mol. The summed E-state index contributed by atoms with van der Waals surface area (Å²) in [6, 6.07) is 0. The molecule has 0 aliphatic heterocycles. The summed E-state index contributed by atoms with van der Waals surface area (Å²) in [6.07, 6.45) is -2.18. The average molecular weight is 161 g/mol. The van der Waals surface area contributed by atoms with Gasteiger partial charge in [-0.1, -0.05) is 0 Å². The van der Waals surface area contributed by atoms with E-state index in [1.165, 1.54) is 0 Å². The van der Waals surface area contributed by atoms with Crippen molar-refractivity contribution in [3.63, 3.8) is 0 Å². The van der Waals surface area contributed by atoms with Gasteiger partial charge >= 0.3 is 5.97 Å². The Labute approximate surface area is 55.2 Å². The molecule has 0 fully saturated rings. The van der Waals surface area contributed by atoms with Crippen molar-refractivity contribution in [2.45, 2.75) is 11.0 Å². The van der Waals surface area contributed by atoms with E-state index >= 15 is 0 Å². The van der Waals surface area contributed by atoms with Crippen molar-refractivity contribution in [3.8, 4) is 0 Å². The van der Waals surface area contributed by atoms with Crippen LogP contribution in [0.5, 0.6) is 0 Å². The van der Waals surface area contributed by atoms with Crippen LogP contribution in [-0.2, 0) is 4.79 Å². The zero-order chi connectivity index (χ0) is 6.73. The van der Waals surface area contributed by atoms with Crippen molar-refractivity contribution in [1.29, 1.82) is 0 Å². The first-order chi connectivity index (χ1) is 3.55. The first-order valence-electron chi connectivity index (χ1n) is 1.70. The van der Waals surface area contributed by atoms with Gasteiger partial charge in [0.1, 0.15) is 4.84 Å². The lowest BCUT2D eigenvalue weighted by Gasteiger charge is -1.99. The third kappa shape index (κ3) is 2.33. The summed E-state index contributed by atoms with van der Waals surface area (Å²) in [6.45, 7) is 0. The minimum Gasteiger partial charge on any atom is -0.479 e. The van der Waals surface area contributed by atoms with Crippen LogP contribution < -0.4 is 0 Å². The molecule has 0 bridgehead atoms. The molecule has 0 amide bonds. The van der Waals surface area contributed by atoms with E-state index in [9.17, 15) is 9.18 Å². The maximum Gasteiger partial charge on any atom is 0.341 e. The molecule has 1 atom stereocenters. The normalized spacial score (nSPS) is 14.0. The number of hydrogen-bond acceptors (Lipinski definition) is 1. The van der Waals surface area contributed by atoms with Crippen molar-refractivity contribution in [3.05, 3.63) is 0 Å². The molecule has 0 spiro atoms. The van der Waals surface area contributed by atoms with Crippen LogP contribution in [0.2, 0.25) is 0 Å². The second-order valence-corrected chi connectivity index (χ2v) is 2.24. The van der Waals surface area contributed by atoms with Gasteiger partial charge in [0.2, 0.25) is 6.17 Å². The lowest BCUT2D eigenvalue weighted by molar-refractivity contribution is -0.142. The summed E-state index contributed by atoms with van der Waals surface area (Å²) in [7, 11) is 0. The van der Waals surface area contributed by atoms with Crippen molar-refractivity contribution < 1.29 is 14.3 Å². The van der Waals surface area contributed by atoms with E-state index in [-0.39, 0.29) is 0 Å². The lowest BCUT2D eigenvalue weighted by Crippen LogP contribution is -2.21. The Bertz CT molecular complexity index is 95.3. The van der Waals surface area contributed by atoms with Gasteiger partial charge in [0.15, 0.2) is 0 Å². The van der Waals surface area contributed by atoms with Gasteiger partial charge in [-0.25, -0.2) is 9.18 Å². The summed E-state index contributed by atoms with van der Waals surface area (Å²) in [5, 5.41) is 7.81. The number of alkyl halides is 3. The molecular weight excluding hydrogens is 158 g/mol. The van der Waals surface area contributed by atoms with E-state index in [0.29, 0.717) is 0 Å². The standard InChI is InChI=1S/C3H3Cl2FO2/c4-2(5)1(6)3(7)8/h1-2H,(H,7,8)/t1-/m1/s1. The van der Waals surface area contributed by atoms with Crippen LogP contribution in [0.4, 0.5) is 4.39 Å². The maximum atomic E-state index is 11.8. The van der Waals surface area contributed by atoms with Gasteiger partial charge in [0, 0.05) is 0 Å². The predicted molar refractivity (Wildman–Crippen MR) is 28.0 cm³/mol. The number of carbonyl (C=O) groups is 1. The quantitative estimate of drug-likeness (QED) is 0.618. The van der Waals surface area contributed by atoms with Gasteiger partial charge in [-0.2, -0.15) is 0 Å². The van der Waals surface area contributed by atoms with Crippen molar-refractivity contribution in [2.75, 3.05) is 0 Å². The zero-order valence-corrected chi connectivity index (χ0v) is 5.16.